The SMILES string of the molecule is CCC1CCN(c2ccc(F)cc2C#N)C(C(=O)O)C1. The van der Waals surface area contributed by atoms with Crippen molar-refractivity contribution in [1.29, 1.82) is 5.26 Å². The fourth-order valence-corrected chi connectivity index (χ4v) is 2.78. The zero-order valence-corrected chi connectivity index (χ0v) is 11.3. The smallest absolute Gasteiger partial charge is 0.326 e. The monoisotopic (exact) mass is 276 g/mol. The molecule has 1 heterocycles. The van der Waals surface area contributed by atoms with Crippen LogP contribution in [0, 0.1) is 23.1 Å². The Morgan fingerprint density at radius 3 is 2.95 bits per heavy atom. The molecular weight excluding hydrogens is 259 g/mol. The molecule has 1 aromatic carbocycles. The minimum absolute atomic E-state index is 0.186. The molecule has 1 N–H and O–H groups in total. The molecule has 1 aliphatic rings. The lowest BCUT2D eigenvalue weighted by molar-refractivity contribution is -0.139. The van der Waals surface area contributed by atoms with Crippen molar-refractivity contribution in [1.82, 2.24) is 0 Å². The van der Waals surface area contributed by atoms with Gasteiger partial charge in [-0.2, -0.15) is 5.26 Å². The number of carboxylic acid groups (broad SMARTS) is 1. The summed E-state index contributed by atoms with van der Waals surface area (Å²) in [6, 6.07) is 5.21. The summed E-state index contributed by atoms with van der Waals surface area (Å²) in [7, 11) is 0. The van der Waals surface area contributed by atoms with Crippen LogP contribution in [0.5, 0.6) is 0 Å². The van der Waals surface area contributed by atoms with Crippen LogP contribution in [0.15, 0.2) is 18.2 Å². The quantitative estimate of drug-likeness (QED) is 0.922. The van der Waals surface area contributed by atoms with Crippen molar-refractivity contribution >= 4 is 11.7 Å². The van der Waals surface area contributed by atoms with E-state index in [9.17, 15) is 14.3 Å². The number of hydrogen-bond donors (Lipinski definition) is 1. The highest BCUT2D eigenvalue weighted by Crippen LogP contribution is 2.32. The molecule has 2 atom stereocenters. The maximum atomic E-state index is 13.2. The molecule has 20 heavy (non-hydrogen) atoms. The highest BCUT2D eigenvalue weighted by Gasteiger charge is 2.33. The van der Waals surface area contributed by atoms with Gasteiger partial charge in [-0.15, -0.1) is 0 Å². The fourth-order valence-electron chi connectivity index (χ4n) is 2.78. The van der Waals surface area contributed by atoms with Crippen LogP contribution in [-0.2, 0) is 4.79 Å². The van der Waals surface area contributed by atoms with E-state index in [1.807, 2.05) is 6.07 Å². The van der Waals surface area contributed by atoms with Crippen molar-refractivity contribution in [3.8, 4) is 6.07 Å². The molecule has 0 aliphatic carbocycles. The average Bonchev–Trinajstić information content (AvgIpc) is 2.46. The predicted octanol–water partition coefficient (Wildman–Crippen LogP) is 2.78. The Balaban J connectivity index is 2.35. The highest BCUT2D eigenvalue weighted by molar-refractivity contribution is 5.79. The summed E-state index contributed by atoms with van der Waals surface area (Å²) < 4.78 is 13.2. The van der Waals surface area contributed by atoms with Crippen molar-refractivity contribution < 1.29 is 14.3 Å². The van der Waals surface area contributed by atoms with Crippen LogP contribution in [-0.4, -0.2) is 23.7 Å². The maximum Gasteiger partial charge on any atom is 0.326 e. The third-order valence-electron chi connectivity index (χ3n) is 3.96. The first-order valence-electron chi connectivity index (χ1n) is 6.76. The van der Waals surface area contributed by atoms with Crippen LogP contribution in [0.25, 0.3) is 0 Å². The van der Waals surface area contributed by atoms with Gasteiger partial charge in [-0.25, -0.2) is 9.18 Å². The molecular formula is C15H17FN2O2. The van der Waals surface area contributed by atoms with Crippen LogP contribution in [0.2, 0.25) is 0 Å². The average molecular weight is 276 g/mol. The zero-order valence-electron chi connectivity index (χ0n) is 11.3. The van der Waals surface area contributed by atoms with E-state index in [-0.39, 0.29) is 5.56 Å². The summed E-state index contributed by atoms with van der Waals surface area (Å²) in [5.74, 6) is -0.990. The lowest BCUT2D eigenvalue weighted by Gasteiger charge is -2.38. The summed E-state index contributed by atoms with van der Waals surface area (Å²) in [5.41, 5.74) is 0.696. The van der Waals surface area contributed by atoms with E-state index < -0.39 is 17.8 Å². The van der Waals surface area contributed by atoms with E-state index in [1.165, 1.54) is 12.1 Å². The number of benzene rings is 1. The zero-order chi connectivity index (χ0) is 14.7. The van der Waals surface area contributed by atoms with Gasteiger partial charge >= 0.3 is 5.97 Å². The van der Waals surface area contributed by atoms with Crippen LogP contribution >= 0.6 is 0 Å². The van der Waals surface area contributed by atoms with Gasteiger partial charge in [0.05, 0.1) is 11.3 Å². The van der Waals surface area contributed by atoms with Gasteiger partial charge in [0.1, 0.15) is 17.9 Å². The minimum atomic E-state index is -0.892. The Kier molecular flexibility index (Phi) is 4.23. The number of halogens is 1. The first kappa shape index (κ1) is 14.3. The van der Waals surface area contributed by atoms with Crippen LogP contribution in [0.4, 0.5) is 10.1 Å². The molecule has 1 aliphatic heterocycles. The molecule has 4 nitrogen and oxygen atoms in total. The second kappa shape index (κ2) is 5.91. The van der Waals surface area contributed by atoms with Gasteiger partial charge in [0.15, 0.2) is 0 Å². The van der Waals surface area contributed by atoms with Crippen molar-refractivity contribution in [2.75, 3.05) is 11.4 Å². The van der Waals surface area contributed by atoms with E-state index >= 15 is 0 Å². The number of piperidine rings is 1. The molecule has 0 saturated carbocycles. The van der Waals surface area contributed by atoms with Gasteiger partial charge in [0, 0.05) is 6.54 Å². The molecule has 1 aromatic rings. The molecule has 0 bridgehead atoms. The second-order valence-electron chi connectivity index (χ2n) is 5.12. The Labute approximate surface area is 117 Å². The van der Waals surface area contributed by atoms with E-state index in [4.69, 9.17) is 5.26 Å². The number of hydrogen-bond acceptors (Lipinski definition) is 3. The maximum absolute atomic E-state index is 13.2. The molecule has 5 heteroatoms. The molecule has 106 valence electrons. The summed E-state index contributed by atoms with van der Waals surface area (Å²) >= 11 is 0. The standard InChI is InChI=1S/C15H17FN2O2/c1-2-10-5-6-18(14(7-10)15(19)20)13-4-3-12(16)8-11(13)9-17/h3-4,8,10,14H,2,5-7H2,1H3,(H,19,20). The first-order valence-corrected chi connectivity index (χ1v) is 6.76. The largest absolute Gasteiger partial charge is 0.480 e. The van der Waals surface area contributed by atoms with Crippen molar-refractivity contribution in [3.63, 3.8) is 0 Å². The highest BCUT2D eigenvalue weighted by atomic mass is 19.1. The van der Waals surface area contributed by atoms with Gasteiger partial charge in [-0.05, 0) is 37.0 Å². The number of anilines is 1. The fraction of sp³-hybridized carbons (Fsp3) is 0.467. The van der Waals surface area contributed by atoms with Crippen molar-refractivity contribution in [2.24, 2.45) is 5.92 Å². The third kappa shape index (κ3) is 2.74. The lowest BCUT2D eigenvalue weighted by atomic mass is 9.88. The normalized spacial score (nSPS) is 22.4. The molecule has 1 saturated heterocycles. The van der Waals surface area contributed by atoms with E-state index in [1.54, 1.807) is 4.90 Å². The molecule has 0 radical (unpaired) electrons. The molecule has 2 rings (SSSR count). The number of aliphatic carboxylic acids is 1. The number of nitriles is 1. The minimum Gasteiger partial charge on any atom is -0.480 e. The molecule has 0 spiro atoms. The molecule has 1 fully saturated rings. The summed E-state index contributed by atoms with van der Waals surface area (Å²) in [6.07, 6.45) is 2.41. The van der Waals surface area contributed by atoms with E-state index in [0.29, 0.717) is 24.6 Å². The van der Waals surface area contributed by atoms with Gasteiger partial charge in [0.2, 0.25) is 0 Å². The number of rotatable bonds is 3. The first-order chi connectivity index (χ1) is 9.56. The van der Waals surface area contributed by atoms with Crippen molar-refractivity contribution in [3.05, 3.63) is 29.6 Å². The van der Waals surface area contributed by atoms with Gasteiger partial charge in [-0.1, -0.05) is 13.3 Å². The summed E-state index contributed by atoms with van der Waals surface area (Å²) in [4.78, 5) is 13.2. The number of nitrogens with zero attached hydrogens (tertiary/aromatic N) is 2. The number of carbonyl (C=O) groups is 1. The molecule has 0 amide bonds. The topological polar surface area (TPSA) is 64.3 Å². The van der Waals surface area contributed by atoms with Crippen LogP contribution in [0.3, 0.4) is 0 Å². The summed E-state index contributed by atoms with van der Waals surface area (Å²) in [5, 5.41) is 18.5. The Morgan fingerprint density at radius 1 is 1.60 bits per heavy atom. The number of carboxylic acids is 1. The van der Waals surface area contributed by atoms with E-state index in [2.05, 4.69) is 6.92 Å². The molecule has 0 aromatic heterocycles. The second-order valence-corrected chi connectivity index (χ2v) is 5.12. The Bertz CT molecular complexity index is 553. The lowest BCUT2D eigenvalue weighted by Crippen LogP contribution is -2.47. The van der Waals surface area contributed by atoms with E-state index in [0.717, 1.165) is 18.9 Å². The Hall–Kier alpha value is -2.09. The van der Waals surface area contributed by atoms with Crippen LogP contribution in [0.1, 0.15) is 31.7 Å². The molecule has 2 unspecified atom stereocenters. The van der Waals surface area contributed by atoms with Gasteiger partial charge in [0.25, 0.3) is 0 Å². The van der Waals surface area contributed by atoms with Crippen molar-refractivity contribution in [2.45, 2.75) is 32.2 Å². The van der Waals surface area contributed by atoms with Gasteiger partial charge in [-0.3, -0.25) is 0 Å². The van der Waals surface area contributed by atoms with Crippen LogP contribution < -0.4 is 4.90 Å². The predicted molar refractivity (Wildman–Crippen MR) is 72.9 cm³/mol. The summed E-state index contributed by atoms with van der Waals surface area (Å²) in [6.45, 7) is 2.63. The Morgan fingerprint density at radius 2 is 2.35 bits per heavy atom. The van der Waals surface area contributed by atoms with Gasteiger partial charge < -0.3 is 10.0 Å². The third-order valence-corrected chi connectivity index (χ3v) is 3.96.